The molecule has 1 rings (SSSR count). The molecule has 1 saturated carbocycles. The highest BCUT2D eigenvalue weighted by molar-refractivity contribution is 6.30. The summed E-state index contributed by atoms with van der Waals surface area (Å²) in [6, 6.07) is 0. The molecule has 6 heteroatoms. The van der Waals surface area contributed by atoms with Crippen molar-refractivity contribution in [2.45, 2.75) is 20.3 Å². The Labute approximate surface area is 96.7 Å². The maximum absolute atomic E-state index is 12.2. The first-order valence-corrected chi connectivity index (χ1v) is 5.06. The van der Waals surface area contributed by atoms with E-state index in [1.165, 1.54) is 6.08 Å². The van der Waals surface area contributed by atoms with Gasteiger partial charge in [-0.15, -0.1) is 0 Å². The van der Waals surface area contributed by atoms with Crippen molar-refractivity contribution in [2.24, 2.45) is 17.3 Å². The van der Waals surface area contributed by atoms with Gasteiger partial charge < -0.3 is 5.53 Å². The third-order valence-corrected chi connectivity index (χ3v) is 3.24. The molecular weight excluding hydrogens is 238 g/mol. The molecule has 0 spiro atoms. The maximum atomic E-state index is 12.2. The second-order valence-corrected chi connectivity index (χ2v) is 4.76. The van der Waals surface area contributed by atoms with E-state index in [1.54, 1.807) is 13.8 Å². The van der Waals surface area contributed by atoms with E-state index in [2.05, 4.69) is 4.79 Å². The van der Waals surface area contributed by atoms with Gasteiger partial charge in [-0.2, -0.15) is 4.79 Å². The number of rotatable bonds is 4. The van der Waals surface area contributed by atoms with Gasteiger partial charge >= 0.3 is 6.21 Å². The van der Waals surface area contributed by atoms with E-state index >= 15 is 0 Å². The average molecular weight is 249 g/mol. The second-order valence-electron chi connectivity index (χ2n) is 4.32. The lowest BCUT2D eigenvalue weighted by Gasteiger charge is -1.98. The molecule has 1 aliphatic carbocycles. The lowest BCUT2D eigenvalue weighted by atomic mass is 10.1. The van der Waals surface area contributed by atoms with Crippen LogP contribution in [0.4, 0.5) is 8.78 Å². The van der Waals surface area contributed by atoms with E-state index in [1.807, 2.05) is 0 Å². The summed E-state index contributed by atoms with van der Waals surface area (Å²) in [6.45, 7) is 3.55. The average Bonchev–Trinajstić information content (AvgIpc) is 2.68. The van der Waals surface area contributed by atoms with Crippen molar-refractivity contribution >= 4 is 23.6 Å². The number of carbonyl (C=O) groups is 1. The molecule has 0 bridgehead atoms. The monoisotopic (exact) mass is 248 g/mol. The number of hydrogen-bond acceptors (Lipinski definition) is 1. The molecule has 3 nitrogen and oxygen atoms in total. The number of alkyl halides is 2. The van der Waals surface area contributed by atoms with Gasteiger partial charge in [0.15, 0.2) is 0 Å². The Balaban J connectivity index is 2.83. The van der Waals surface area contributed by atoms with Crippen molar-refractivity contribution in [1.82, 2.24) is 0 Å². The van der Waals surface area contributed by atoms with Crippen LogP contribution >= 0.6 is 11.6 Å². The Morgan fingerprint density at radius 1 is 1.56 bits per heavy atom. The minimum atomic E-state index is -2.72. The van der Waals surface area contributed by atoms with Gasteiger partial charge in [0.1, 0.15) is 0 Å². The summed E-state index contributed by atoms with van der Waals surface area (Å²) in [6.07, 6.45) is -0.725. The van der Waals surface area contributed by atoms with Crippen LogP contribution in [0.15, 0.2) is 11.1 Å². The van der Waals surface area contributed by atoms with Crippen LogP contribution < -0.4 is 0 Å². The third kappa shape index (κ3) is 2.36. The lowest BCUT2D eigenvalue weighted by molar-refractivity contribution is -0.117. The van der Waals surface area contributed by atoms with Crippen LogP contribution in [0.5, 0.6) is 0 Å². The van der Waals surface area contributed by atoms with Crippen molar-refractivity contribution in [2.75, 3.05) is 0 Å². The van der Waals surface area contributed by atoms with Gasteiger partial charge in [-0.3, -0.25) is 4.79 Å². The van der Waals surface area contributed by atoms with E-state index in [-0.39, 0.29) is 11.7 Å². The Hall–Kier alpha value is -1.06. The zero-order valence-corrected chi connectivity index (χ0v) is 9.58. The summed E-state index contributed by atoms with van der Waals surface area (Å²) in [5, 5.41) is -0.547. The molecule has 0 aromatic carbocycles. The number of halogens is 3. The predicted octanol–water partition coefficient (Wildman–Crippen LogP) is 2.52. The molecule has 0 aromatic heterocycles. The second kappa shape index (κ2) is 4.44. The molecule has 0 radical (unpaired) electrons. The predicted molar refractivity (Wildman–Crippen MR) is 55.4 cm³/mol. The third-order valence-electron chi connectivity index (χ3n) is 2.95. The zero-order valence-electron chi connectivity index (χ0n) is 8.82. The van der Waals surface area contributed by atoms with Crippen LogP contribution in [0.2, 0.25) is 0 Å². The van der Waals surface area contributed by atoms with Gasteiger partial charge in [-0.25, -0.2) is 8.78 Å². The molecule has 0 unspecified atom stereocenters. The van der Waals surface area contributed by atoms with Crippen molar-refractivity contribution in [3.63, 3.8) is 0 Å². The number of carbonyl (C=O) groups excluding carboxylic acids is 1. The fraction of sp³-hybridized carbons (Fsp3) is 0.600. The number of Topliss-reactive ketones (excluding diaryl/α,β-unsaturated/α-hetero) is 1. The fourth-order valence-electron chi connectivity index (χ4n) is 1.91. The smallest absolute Gasteiger partial charge is 0.323 e. The maximum Gasteiger partial charge on any atom is 0.323 e. The van der Waals surface area contributed by atoms with E-state index in [9.17, 15) is 13.6 Å². The van der Waals surface area contributed by atoms with Gasteiger partial charge in [0, 0.05) is 5.92 Å². The molecule has 0 heterocycles. The van der Waals surface area contributed by atoms with Gasteiger partial charge in [-0.1, -0.05) is 31.5 Å². The lowest BCUT2D eigenvalue weighted by Crippen LogP contribution is -2.07. The van der Waals surface area contributed by atoms with E-state index in [0.29, 0.717) is 0 Å². The SMILES string of the molecule is CC1(C)[C@H](/C=C(\Cl)C(F)F)[C@@H]1C(=O)C=[N+]=[N-]. The van der Waals surface area contributed by atoms with E-state index in [4.69, 9.17) is 17.1 Å². The van der Waals surface area contributed by atoms with Crippen molar-refractivity contribution in [1.29, 1.82) is 0 Å². The first-order chi connectivity index (χ1) is 7.32. The van der Waals surface area contributed by atoms with E-state index < -0.39 is 22.8 Å². The van der Waals surface area contributed by atoms with Gasteiger partial charge in [0.05, 0.1) is 5.03 Å². The van der Waals surface area contributed by atoms with Crippen LogP contribution in [0, 0.1) is 17.3 Å². The van der Waals surface area contributed by atoms with Crippen molar-refractivity contribution in [3.8, 4) is 0 Å². The molecular formula is C10H11ClF2N2O. The molecule has 0 amide bonds. The summed E-state index contributed by atoms with van der Waals surface area (Å²) in [7, 11) is 0. The zero-order chi connectivity index (χ0) is 12.5. The Morgan fingerprint density at radius 3 is 2.56 bits per heavy atom. The highest BCUT2D eigenvalue weighted by atomic mass is 35.5. The summed E-state index contributed by atoms with van der Waals surface area (Å²) in [5.41, 5.74) is 7.80. The summed E-state index contributed by atoms with van der Waals surface area (Å²) in [5.74, 6) is -1.16. The Bertz CT molecular complexity index is 386. The van der Waals surface area contributed by atoms with Crippen LogP contribution in [-0.4, -0.2) is 23.2 Å². The minimum Gasteiger partial charge on any atom is -0.361 e. The molecule has 0 aromatic rings. The quantitative estimate of drug-likeness (QED) is 0.428. The Kier molecular flexibility index (Phi) is 3.61. The molecule has 0 aliphatic heterocycles. The summed E-state index contributed by atoms with van der Waals surface area (Å²) < 4.78 is 24.4. The number of hydrogen-bond donors (Lipinski definition) is 0. The molecule has 2 atom stereocenters. The highest BCUT2D eigenvalue weighted by Crippen LogP contribution is 2.59. The Morgan fingerprint density at radius 2 is 2.12 bits per heavy atom. The summed E-state index contributed by atoms with van der Waals surface area (Å²) >= 11 is 5.34. The minimum absolute atomic E-state index is 0.334. The number of nitrogens with zero attached hydrogens (tertiary/aromatic N) is 2. The molecule has 0 N–H and O–H groups in total. The molecule has 1 aliphatic rings. The van der Waals surface area contributed by atoms with Crippen LogP contribution in [-0.2, 0) is 4.79 Å². The molecule has 0 saturated heterocycles. The van der Waals surface area contributed by atoms with Crippen LogP contribution in [0.1, 0.15) is 13.8 Å². The standard InChI is InChI=1S/C10H11ClF2N2O/c1-10(2)5(3-6(11)9(12)13)8(10)7(16)4-15-14/h3-5,8-9H,1-2H3/b6-3-/t5-,8-/m1/s1. The molecule has 1 fully saturated rings. The normalized spacial score (nSPS) is 27.5. The van der Waals surface area contributed by atoms with E-state index in [0.717, 1.165) is 6.21 Å². The first kappa shape index (κ1) is 13.0. The van der Waals surface area contributed by atoms with Gasteiger partial charge in [0.25, 0.3) is 6.43 Å². The van der Waals surface area contributed by atoms with Gasteiger partial charge in [0.2, 0.25) is 5.78 Å². The number of ketones is 1. The van der Waals surface area contributed by atoms with Crippen LogP contribution in [0.25, 0.3) is 5.53 Å². The van der Waals surface area contributed by atoms with Crippen molar-refractivity contribution in [3.05, 3.63) is 16.6 Å². The fourth-order valence-corrected chi connectivity index (χ4v) is 2.05. The molecule has 16 heavy (non-hydrogen) atoms. The van der Waals surface area contributed by atoms with Crippen molar-refractivity contribution < 1.29 is 18.4 Å². The summed E-state index contributed by atoms with van der Waals surface area (Å²) in [4.78, 5) is 14.0. The number of allylic oxidation sites excluding steroid dienone is 2. The molecule has 88 valence electrons. The largest absolute Gasteiger partial charge is 0.361 e. The topological polar surface area (TPSA) is 53.5 Å². The highest BCUT2D eigenvalue weighted by Gasteiger charge is 2.61. The van der Waals surface area contributed by atoms with Gasteiger partial charge in [-0.05, 0) is 11.3 Å². The van der Waals surface area contributed by atoms with Crippen LogP contribution in [0.3, 0.4) is 0 Å². The first-order valence-electron chi connectivity index (χ1n) is 4.69.